The topological polar surface area (TPSA) is 52.3 Å². The largest absolute Gasteiger partial charge is 0.496 e. The second-order valence-electron chi connectivity index (χ2n) is 3.48. The maximum absolute atomic E-state index is 11.0. The minimum atomic E-state index is -0.408. The molecular weight excluding hydrogens is 178 g/mol. The van der Waals surface area contributed by atoms with E-state index in [2.05, 4.69) is 0 Å². The SMILES string of the molecule is COc1ccc(C(N)=O)cc1C(C)C. The smallest absolute Gasteiger partial charge is 0.248 e. The number of benzene rings is 1. The maximum Gasteiger partial charge on any atom is 0.248 e. The summed E-state index contributed by atoms with van der Waals surface area (Å²) < 4.78 is 5.19. The van der Waals surface area contributed by atoms with Gasteiger partial charge in [-0.25, -0.2) is 0 Å². The first-order valence-electron chi connectivity index (χ1n) is 4.54. The highest BCUT2D eigenvalue weighted by Crippen LogP contribution is 2.26. The Balaban J connectivity index is 3.20. The first-order valence-corrected chi connectivity index (χ1v) is 4.54. The van der Waals surface area contributed by atoms with Gasteiger partial charge in [-0.3, -0.25) is 4.79 Å². The van der Waals surface area contributed by atoms with Gasteiger partial charge in [-0.1, -0.05) is 13.8 Å². The molecule has 0 saturated heterocycles. The van der Waals surface area contributed by atoms with E-state index in [4.69, 9.17) is 10.5 Å². The molecule has 0 fully saturated rings. The van der Waals surface area contributed by atoms with Gasteiger partial charge in [-0.05, 0) is 29.7 Å². The van der Waals surface area contributed by atoms with Crippen molar-refractivity contribution in [1.82, 2.24) is 0 Å². The molecule has 3 nitrogen and oxygen atoms in total. The fourth-order valence-corrected chi connectivity index (χ4v) is 1.34. The highest BCUT2D eigenvalue weighted by molar-refractivity contribution is 5.93. The van der Waals surface area contributed by atoms with E-state index in [9.17, 15) is 4.79 Å². The van der Waals surface area contributed by atoms with Crippen molar-refractivity contribution in [3.05, 3.63) is 29.3 Å². The number of methoxy groups -OCH3 is 1. The van der Waals surface area contributed by atoms with E-state index in [0.29, 0.717) is 11.5 Å². The Bertz CT molecular complexity index is 345. The molecule has 0 unspecified atom stereocenters. The van der Waals surface area contributed by atoms with Gasteiger partial charge in [0, 0.05) is 5.56 Å². The van der Waals surface area contributed by atoms with Crippen molar-refractivity contribution in [2.75, 3.05) is 7.11 Å². The van der Waals surface area contributed by atoms with Crippen LogP contribution in [0.15, 0.2) is 18.2 Å². The van der Waals surface area contributed by atoms with Crippen molar-refractivity contribution in [3.8, 4) is 5.75 Å². The van der Waals surface area contributed by atoms with Gasteiger partial charge in [-0.2, -0.15) is 0 Å². The van der Waals surface area contributed by atoms with E-state index < -0.39 is 5.91 Å². The number of amides is 1. The summed E-state index contributed by atoms with van der Waals surface area (Å²) in [7, 11) is 1.62. The molecule has 1 aromatic carbocycles. The van der Waals surface area contributed by atoms with Gasteiger partial charge in [0.25, 0.3) is 0 Å². The molecule has 1 amide bonds. The van der Waals surface area contributed by atoms with Crippen molar-refractivity contribution < 1.29 is 9.53 Å². The van der Waals surface area contributed by atoms with Crippen molar-refractivity contribution in [2.24, 2.45) is 5.73 Å². The highest BCUT2D eigenvalue weighted by Gasteiger charge is 2.10. The predicted octanol–water partition coefficient (Wildman–Crippen LogP) is 1.92. The fraction of sp³-hybridized carbons (Fsp3) is 0.364. The quantitative estimate of drug-likeness (QED) is 0.797. The molecule has 0 spiro atoms. The van der Waals surface area contributed by atoms with Crippen LogP contribution in [0.3, 0.4) is 0 Å². The summed E-state index contributed by atoms with van der Waals surface area (Å²) in [5.74, 6) is 0.698. The van der Waals surface area contributed by atoms with Gasteiger partial charge in [-0.15, -0.1) is 0 Å². The molecule has 0 radical (unpaired) electrons. The molecule has 0 heterocycles. The zero-order valence-electron chi connectivity index (χ0n) is 8.70. The average Bonchev–Trinajstić information content (AvgIpc) is 2.16. The van der Waals surface area contributed by atoms with Crippen LogP contribution in [0.4, 0.5) is 0 Å². The molecule has 0 aromatic heterocycles. The van der Waals surface area contributed by atoms with E-state index in [1.54, 1.807) is 25.3 Å². The first kappa shape index (κ1) is 10.6. The Morgan fingerprint density at radius 1 is 1.43 bits per heavy atom. The molecule has 0 aliphatic rings. The molecule has 1 rings (SSSR count). The minimum Gasteiger partial charge on any atom is -0.496 e. The molecular formula is C11H15NO2. The van der Waals surface area contributed by atoms with Crippen LogP contribution in [-0.2, 0) is 0 Å². The fourth-order valence-electron chi connectivity index (χ4n) is 1.34. The number of rotatable bonds is 3. The predicted molar refractivity (Wildman–Crippen MR) is 55.6 cm³/mol. The van der Waals surface area contributed by atoms with E-state index in [0.717, 1.165) is 11.3 Å². The van der Waals surface area contributed by atoms with Crippen molar-refractivity contribution in [2.45, 2.75) is 19.8 Å². The number of primary amides is 1. The molecule has 0 aliphatic heterocycles. The van der Waals surface area contributed by atoms with Crippen molar-refractivity contribution in [1.29, 1.82) is 0 Å². The van der Waals surface area contributed by atoms with Crippen LogP contribution >= 0.6 is 0 Å². The third kappa shape index (κ3) is 2.05. The summed E-state index contributed by atoms with van der Waals surface area (Å²) in [6.07, 6.45) is 0. The summed E-state index contributed by atoms with van der Waals surface area (Å²) in [6, 6.07) is 5.23. The molecule has 0 aliphatic carbocycles. The van der Waals surface area contributed by atoms with E-state index in [-0.39, 0.29) is 0 Å². The monoisotopic (exact) mass is 193 g/mol. The summed E-state index contributed by atoms with van der Waals surface area (Å²) in [4.78, 5) is 11.0. The second kappa shape index (κ2) is 4.13. The standard InChI is InChI=1S/C11H15NO2/c1-7(2)9-6-8(11(12)13)4-5-10(9)14-3/h4-7H,1-3H3,(H2,12,13). The number of hydrogen-bond acceptors (Lipinski definition) is 2. The molecule has 76 valence electrons. The molecule has 0 bridgehead atoms. The lowest BCUT2D eigenvalue weighted by Gasteiger charge is -2.12. The highest BCUT2D eigenvalue weighted by atomic mass is 16.5. The van der Waals surface area contributed by atoms with Gasteiger partial charge < -0.3 is 10.5 Å². The number of carbonyl (C=O) groups excluding carboxylic acids is 1. The molecule has 2 N–H and O–H groups in total. The van der Waals surface area contributed by atoms with Gasteiger partial charge >= 0.3 is 0 Å². The van der Waals surface area contributed by atoms with E-state index in [1.807, 2.05) is 13.8 Å². The summed E-state index contributed by atoms with van der Waals surface area (Å²) >= 11 is 0. The van der Waals surface area contributed by atoms with Gasteiger partial charge in [0.1, 0.15) is 5.75 Å². The number of carbonyl (C=O) groups is 1. The zero-order valence-corrected chi connectivity index (χ0v) is 8.70. The lowest BCUT2D eigenvalue weighted by Crippen LogP contribution is -2.11. The third-order valence-corrected chi connectivity index (χ3v) is 2.14. The number of ether oxygens (including phenoxy) is 1. The summed E-state index contributed by atoms with van der Waals surface area (Å²) in [5, 5.41) is 0. The Morgan fingerprint density at radius 2 is 2.07 bits per heavy atom. The van der Waals surface area contributed by atoms with Crippen LogP contribution in [0.1, 0.15) is 35.7 Å². The Labute approximate surface area is 83.9 Å². The molecule has 0 atom stereocenters. The van der Waals surface area contributed by atoms with Crippen LogP contribution in [-0.4, -0.2) is 13.0 Å². The van der Waals surface area contributed by atoms with Crippen LogP contribution in [0.25, 0.3) is 0 Å². The zero-order chi connectivity index (χ0) is 10.7. The average molecular weight is 193 g/mol. The van der Waals surface area contributed by atoms with Crippen LogP contribution in [0, 0.1) is 0 Å². The van der Waals surface area contributed by atoms with Crippen LogP contribution in [0.5, 0.6) is 5.75 Å². The summed E-state index contributed by atoms with van der Waals surface area (Å²) in [6.45, 7) is 4.09. The Kier molecular flexibility index (Phi) is 3.12. The third-order valence-electron chi connectivity index (χ3n) is 2.14. The van der Waals surface area contributed by atoms with Crippen LogP contribution in [0.2, 0.25) is 0 Å². The minimum absolute atomic E-state index is 0.309. The Hall–Kier alpha value is -1.51. The first-order chi connectivity index (χ1) is 6.56. The molecule has 1 aromatic rings. The lowest BCUT2D eigenvalue weighted by atomic mass is 9.99. The molecule has 3 heteroatoms. The lowest BCUT2D eigenvalue weighted by molar-refractivity contribution is 0.1000. The summed E-state index contributed by atoms with van der Waals surface area (Å²) in [5.41, 5.74) is 6.72. The molecule has 14 heavy (non-hydrogen) atoms. The normalized spacial score (nSPS) is 10.3. The van der Waals surface area contributed by atoms with Crippen molar-refractivity contribution >= 4 is 5.91 Å². The van der Waals surface area contributed by atoms with E-state index in [1.165, 1.54) is 0 Å². The van der Waals surface area contributed by atoms with Crippen molar-refractivity contribution in [3.63, 3.8) is 0 Å². The van der Waals surface area contributed by atoms with Gasteiger partial charge in [0.15, 0.2) is 0 Å². The Morgan fingerprint density at radius 3 is 2.50 bits per heavy atom. The van der Waals surface area contributed by atoms with E-state index >= 15 is 0 Å². The number of nitrogens with two attached hydrogens (primary N) is 1. The van der Waals surface area contributed by atoms with Gasteiger partial charge in [0.05, 0.1) is 7.11 Å². The molecule has 0 saturated carbocycles. The maximum atomic E-state index is 11.0. The number of hydrogen-bond donors (Lipinski definition) is 1. The van der Waals surface area contributed by atoms with Gasteiger partial charge in [0.2, 0.25) is 5.91 Å². The second-order valence-corrected chi connectivity index (χ2v) is 3.48. The van der Waals surface area contributed by atoms with Crippen LogP contribution < -0.4 is 10.5 Å².